The third-order valence-corrected chi connectivity index (χ3v) is 6.53. The summed E-state index contributed by atoms with van der Waals surface area (Å²) in [6, 6.07) is 14.0. The quantitative estimate of drug-likeness (QED) is 0.639. The minimum Gasteiger partial charge on any atom is -0.344 e. The van der Waals surface area contributed by atoms with Gasteiger partial charge in [-0.15, -0.1) is 0 Å². The van der Waals surface area contributed by atoms with E-state index >= 15 is 0 Å². The van der Waals surface area contributed by atoms with Crippen molar-refractivity contribution in [1.82, 2.24) is 4.90 Å². The maximum absolute atomic E-state index is 14.4. The average Bonchev–Trinajstić information content (AvgIpc) is 2.68. The van der Waals surface area contributed by atoms with Gasteiger partial charge in [-0.25, -0.2) is 4.39 Å². The highest BCUT2D eigenvalue weighted by atomic mass is 35.5. The molecule has 0 saturated carbocycles. The zero-order chi connectivity index (χ0) is 19.8. The van der Waals surface area contributed by atoms with Crippen LogP contribution in [0.5, 0.6) is 0 Å². The highest BCUT2D eigenvalue weighted by molar-refractivity contribution is 8.03. The molecule has 4 nitrogen and oxygen atoms in total. The van der Waals surface area contributed by atoms with E-state index in [9.17, 15) is 14.4 Å². The van der Waals surface area contributed by atoms with Gasteiger partial charge in [-0.2, -0.15) is 5.26 Å². The van der Waals surface area contributed by atoms with Gasteiger partial charge in [0, 0.05) is 33.6 Å². The highest BCUT2D eigenvalue weighted by Crippen LogP contribution is 2.45. The molecule has 1 saturated heterocycles. The molecule has 4 rings (SSSR count). The third-order valence-electron chi connectivity index (χ3n) is 4.82. The fourth-order valence-corrected chi connectivity index (χ4v) is 5.14. The van der Waals surface area contributed by atoms with E-state index in [1.807, 2.05) is 23.1 Å². The molecule has 2 aliphatic rings. The summed E-state index contributed by atoms with van der Waals surface area (Å²) >= 11 is 13.7. The van der Waals surface area contributed by atoms with Crippen LogP contribution in [0.4, 0.5) is 10.1 Å². The lowest BCUT2D eigenvalue weighted by Gasteiger charge is -2.42. The predicted octanol–water partition coefficient (Wildman–Crippen LogP) is 5.35. The van der Waals surface area contributed by atoms with Crippen LogP contribution >= 0.6 is 35.0 Å². The third kappa shape index (κ3) is 3.35. The zero-order valence-electron chi connectivity index (χ0n) is 14.5. The summed E-state index contributed by atoms with van der Waals surface area (Å²) in [5.74, 6) is -0.809. The Balaban J connectivity index is 1.71. The minimum atomic E-state index is -0.678. The van der Waals surface area contributed by atoms with Gasteiger partial charge in [0.15, 0.2) is 0 Å². The van der Waals surface area contributed by atoms with Crippen LogP contribution in [0.1, 0.15) is 17.9 Å². The Morgan fingerprint density at radius 2 is 2.00 bits per heavy atom. The number of benzene rings is 2. The second kappa shape index (κ2) is 7.67. The highest BCUT2D eigenvalue weighted by Gasteiger charge is 2.39. The van der Waals surface area contributed by atoms with Gasteiger partial charge < -0.3 is 4.90 Å². The Labute approximate surface area is 176 Å². The number of hydrogen-bond donors (Lipinski definition) is 0. The molecule has 0 spiro atoms. The monoisotopic (exact) mass is 433 g/mol. The molecule has 142 valence electrons. The number of halogens is 3. The molecule has 0 N–H and O–H groups in total. The Bertz CT molecular complexity index is 1020. The molecule has 28 heavy (non-hydrogen) atoms. The Morgan fingerprint density at radius 1 is 1.21 bits per heavy atom. The molecule has 0 bridgehead atoms. The van der Waals surface area contributed by atoms with Crippen LogP contribution in [-0.2, 0) is 4.79 Å². The van der Waals surface area contributed by atoms with Gasteiger partial charge in [0.2, 0.25) is 5.91 Å². The number of carbonyl (C=O) groups is 1. The fraction of sp³-hybridized carbons (Fsp3) is 0.200. The summed E-state index contributed by atoms with van der Waals surface area (Å²) in [7, 11) is 0. The standard InChI is InChI=1S/C20H14Cl2FN3OS/c21-12-3-1-4-13(7-12)25-10-26-18(27)8-14(15(9-24)20(26)28-11-25)19-16(22)5-2-6-17(19)23/h1-7,14H,8,10-11H2. The van der Waals surface area contributed by atoms with E-state index in [0.29, 0.717) is 28.2 Å². The molecule has 8 heteroatoms. The second-order valence-electron chi connectivity index (χ2n) is 6.48. The Kier molecular flexibility index (Phi) is 5.24. The number of carbonyl (C=O) groups excluding carboxylic acids is 1. The smallest absolute Gasteiger partial charge is 0.229 e. The van der Waals surface area contributed by atoms with Crippen molar-refractivity contribution in [2.24, 2.45) is 0 Å². The second-order valence-corrected chi connectivity index (χ2v) is 8.26. The fourth-order valence-electron chi connectivity index (χ4n) is 3.49. The van der Waals surface area contributed by atoms with Gasteiger partial charge in [0.05, 0.1) is 29.2 Å². The van der Waals surface area contributed by atoms with Crippen molar-refractivity contribution in [2.75, 3.05) is 17.4 Å². The number of nitrogens with zero attached hydrogens (tertiary/aromatic N) is 3. The van der Waals surface area contributed by atoms with Crippen molar-refractivity contribution >= 4 is 46.6 Å². The summed E-state index contributed by atoms with van der Waals surface area (Å²) < 4.78 is 14.4. The topological polar surface area (TPSA) is 47.3 Å². The number of fused-ring (bicyclic) bond motifs is 1. The summed E-state index contributed by atoms with van der Waals surface area (Å²) in [4.78, 5) is 16.5. The van der Waals surface area contributed by atoms with Crippen LogP contribution in [0.25, 0.3) is 0 Å². The van der Waals surface area contributed by atoms with Crippen molar-refractivity contribution in [3.05, 3.63) is 74.5 Å². The van der Waals surface area contributed by atoms with Gasteiger partial charge in [-0.3, -0.25) is 9.69 Å². The summed E-state index contributed by atoms with van der Waals surface area (Å²) in [6.07, 6.45) is -0.00298. The number of hydrogen-bond acceptors (Lipinski definition) is 4. The van der Waals surface area contributed by atoms with Crippen LogP contribution in [0, 0.1) is 17.1 Å². The lowest BCUT2D eigenvalue weighted by atomic mass is 9.86. The van der Waals surface area contributed by atoms with Crippen molar-refractivity contribution in [1.29, 1.82) is 5.26 Å². The molecule has 1 fully saturated rings. The molecule has 0 aromatic heterocycles. The van der Waals surface area contributed by atoms with Gasteiger partial charge >= 0.3 is 0 Å². The maximum Gasteiger partial charge on any atom is 0.229 e. The lowest BCUT2D eigenvalue weighted by molar-refractivity contribution is -0.129. The Hall–Kier alpha value is -2.20. The van der Waals surface area contributed by atoms with E-state index in [0.717, 1.165) is 5.69 Å². The average molecular weight is 434 g/mol. The summed E-state index contributed by atoms with van der Waals surface area (Å²) in [5, 5.41) is 11.2. The lowest BCUT2D eigenvalue weighted by Crippen LogP contribution is -2.47. The van der Waals surface area contributed by atoms with Crippen molar-refractivity contribution in [3.63, 3.8) is 0 Å². The predicted molar refractivity (Wildman–Crippen MR) is 110 cm³/mol. The molecule has 0 radical (unpaired) electrons. The van der Waals surface area contributed by atoms with Crippen LogP contribution in [-0.4, -0.2) is 23.4 Å². The number of rotatable bonds is 2. The van der Waals surface area contributed by atoms with Crippen LogP contribution in [0.3, 0.4) is 0 Å². The van der Waals surface area contributed by atoms with Gasteiger partial charge in [0.25, 0.3) is 0 Å². The number of anilines is 1. The van der Waals surface area contributed by atoms with E-state index in [-0.39, 0.29) is 22.9 Å². The number of allylic oxidation sites excluding steroid dienone is 1. The minimum absolute atomic E-state index is 0.00298. The number of amides is 1. The van der Waals surface area contributed by atoms with Crippen LogP contribution in [0.2, 0.25) is 10.0 Å². The van der Waals surface area contributed by atoms with E-state index in [4.69, 9.17) is 23.2 Å². The summed E-state index contributed by atoms with van der Waals surface area (Å²) in [6.45, 7) is 0.310. The molecule has 1 amide bonds. The van der Waals surface area contributed by atoms with Crippen molar-refractivity contribution in [2.45, 2.75) is 12.3 Å². The first-order valence-corrected chi connectivity index (χ1v) is 10.3. The van der Waals surface area contributed by atoms with Crippen LogP contribution in [0.15, 0.2) is 53.1 Å². The van der Waals surface area contributed by atoms with E-state index in [2.05, 4.69) is 6.07 Å². The van der Waals surface area contributed by atoms with Crippen LogP contribution < -0.4 is 4.90 Å². The Morgan fingerprint density at radius 3 is 2.71 bits per heavy atom. The maximum atomic E-state index is 14.4. The number of thioether (sulfide) groups is 1. The van der Waals surface area contributed by atoms with Crippen molar-refractivity contribution in [3.8, 4) is 6.07 Å². The molecule has 0 aliphatic carbocycles. The van der Waals surface area contributed by atoms with E-state index in [1.165, 1.54) is 23.9 Å². The van der Waals surface area contributed by atoms with Gasteiger partial charge in [-0.1, -0.05) is 47.1 Å². The normalized spacial score (nSPS) is 19.5. The van der Waals surface area contributed by atoms with E-state index < -0.39 is 11.7 Å². The first-order valence-electron chi connectivity index (χ1n) is 8.51. The first kappa shape index (κ1) is 19.1. The largest absolute Gasteiger partial charge is 0.344 e. The SMILES string of the molecule is N#CC1=C2SCN(c3cccc(Cl)c3)CN2C(=O)CC1c1c(F)cccc1Cl. The van der Waals surface area contributed by atoms with E-state index in [1.54, 1.807) is 17.0 Å². The molecule has 1 unspecified atom stereocenters. The number of nitriles is 1. The first-order chi connectivity index (χ1) is 13.5. The molecular formula is C20H14Cl2FN3OS. The van der Waals surface area contributed by atoms with Crippen molar-refractivity contribution < 1.29 is 9.18 Å². The molecular weight excluding hydrogens is 420 g/mol. The molecule has 2 aromatic rings. The molecule has 2 heterocycles. The van der Waals surface area contributed by atoms with Gasteiger partial charge in [0.1, 0.15) is 5.82 Å². The zero-order valence-corrected chi connectivity index (χ0v) is 16.9. The molecule has 1 atom stereocenters. The summed E-state index contributed by atoms with van der Waals surface area (Å²) in [5.41, 5.74) is 1.48. The molecule has 2 aromatic carbocycles. The van der Waals surface area contributed by atoms with Gasteiger partial charge in [-0.05, 0) is 30.3 Å². The molecule has 2 aliphatic heterocycles.